The second kappa shape index (κ2) is 7.44. The first-order chi connectivity index (χ1) is 12.0. The number of para-hydroxylation sites is 1. The zero-order chi connectivity index (χ0) is 17.8. The minimum atomic E-state index is -0.275. The van der Waals surface area contributed by atoms with Crippen LogP contribution < -0.4 is 10.6 Å². The van der Waals surface area contributed by atoms with Crippen LogP contribution >= 0.6 is 15.9 Å². The molecule has 5 nitrogen and oxygen atoms in total. The summed E-state index contributed by atoms with van der Waals surface area (Å²) in [5.41, 5.74) is 4.06. The van der Waals surface area contributed by atoms with Gasteiger partial charge in [0, 0.05) is 16.4 Å². The van der Waals surface area contributed by atoms with Crippen molar-refractivity contribution in [3.05, 3.63) is 76.0 Å². The summed E-state index contributed by atoms with van der Waals surface area (Å²) in [6.45, 7) is 3.99. The number of rotatable bonds is 4. The van der Waals surface area contributed by atoms with E-state index in [1.54, 1.807) is 12.3 Å². The molecule has 126 valence electrons. The number of aryl methyl sites for hydroxylation is 2. The van der Waals surface area contributed by atoms with E-state index in [1.165, 1.54) is 0 Å². The van der Waals surface area contributed by atoms with Gasteiger partial charge in [-0.15, -0.1) is 0 Å². The number of carbonyl (C=O) groups is 1. The van der Waals surface area contributed by atoms with Gasteiger partial charge in [-0.25, -0.2) is 9.97 Å². The van der Waals surface area contributed by atoms with Gasteiger partial charge in [-0.1, -0.05) is 18.2 Å². The van der Waals surface area contributed by atoms with Crippen LogP contribution in [0.15, 0.2) is 59.2 Å². The van der Waals surface area contributed by atoms with Crippen LogP contribution in [0.5, 0.6) is 0 Å². The number of carbonyl (C=O) groups excluding carboxylic acids is 1. The van der Waals surface area contributed by atoms with Crippen LogP contribution in [0.1, 0.15) is 21.6 Å². The van der Waals surface area contributed by atoms with Crippen molar-refractivity contribution in [1.82, 2.24) is 9.97 Å². The maximum atomic E-state index is 12.5. The first kappa shape index (κ1) is 17.1. The van der Waals surface area contributed by atoms with E-state index >= 15 is 0 Å². The Kier molecular flexibility index (Phi) is 5.09. The maximum Gasteiger partial charge on any atom is 0.274 e. The first-order valence-electron chi connectivity index (χ1n) is 7.75. The highest BCUT2D eigenvalue weighted by Crippen LogP contribution is 2.23. The van der Waals surface area contributed by atoms with Crippen LogP contribution in [0.25, 0.3) is 0 Å². The minimum absolute atomic E-state index is 0.275. The fourth-order valence-electron chi connectivity index (χ4n) is 2.47. The number of hydrogen-bond acceptors (Lipinski definition) is 4. The van der Waals surface area contributed by atoms with Crippen LogP contribution in [-0.4, -0.2) is 15.9 Å². The van der Waals surface area contributed by atoms with Gasteiger partial charge in [-0.3, -0.25) is 4.79 Å². The maximum absolute atomic E-state index is 12.5. The molecule has 1 heterocycles. The Hall–Kier alpha value is -2.73. The lowest BCUT2D eigenvalue weighted by atomic mass is 10.1. The van der Waals surface area contributed by atoms with Crippen molar-refractivity contribution in [3.63, 3.8) is 0 Å². The zero-order valence-electron chi connectivity index (χ0n) is 13.9. The third kappa shape index (κ3) is 4.42. The monoisotopic (exact) mass is 396 g/mol. The molecule has 1 amide bonds. The molecule has 0 aliphatic heterocycles. The van der Waals surface area contributed by atoms with Crippen molar-refractivity contribution in [2.45, 2.75) is 13.8 Å². The number of halogens is 1. The van der Waals surface area contributed by atoms with Crippen LogP contribution in [0, 0.1) is 13.8 Å². The number of nitrogens with zero attached hydrogens (tertiary/aromatic N) is 2. The highest BCUT2D eigenvalue weighted by Gasteiger charge is 2.10. The van der Waals surface area contributed by atoms with Gasteiger partial charge in [0.1, 0.15) is 5.69 Å². The topological polar surface area (TPSA) is 66.9 Å². The summed E-state index contributed by atoms with van der Waals surface area (Å²) in [5.74, 6) is 0.0857. The summed E-state index contributed by atoms with van der Waals surface area (Å²) in [6, 6.07) is 15.1. The Balaban J connectivity index is 1.78. The third-order valence-corrected chi connectivity index (χ3v) is 4.18. The fourth-order valence-corrected chi connectivity index (χ4v) is 2.85. The Morgan fingerprint density at radius 2 is 1.76 bits per heavy atom. The first-order valence-corrected chi connectivity index (χ1v) is 8.55. The molecule has 0 saturated heterocycles. The highest BCUT2D eigenvalue weighted by atomic mass is 79.9. The summed E-state index contributed by atoms with van der Waals surface area (Å²) < 4.78 is 0.892. The number of hydrogen-bond donors (Lipinski definition) is 2. The second-order valence-electron chi connectivity index (χ2n) is 5.70. The van der Waals surface area contributed by atoms with Gasteiger partial charge in [0.05, 0.1) is 5.69 Å². The summed E-state index contributed by atoms with van der Waals surface area (Å²) in [7, 11) is 0. The summed E-state index contributed by atoms with van der Waals surface area (Å²) in [5, 5.41) is 5.98. The summed E-state index contributed by atoms with van der Waals surface area (Å²) in [4.78, 5) is 20.9. The van der Waals surface area contributed by atoms with Gasteiger partial charge in [0.15, 0.2) is 0 Å². The van der Waals surface area contributed by atoms with E-state index in [-0.39, 0.29) is 5.91 Å². The molecule has 0 saturated carbocycles. The van der Waals surface area contributed by atoms with Gasteiger partial charge >= 0.3 is 0 Å². The quantitative estimate of drug-likeness (QED) is 0.661. The molecule has 0 radical (unpaired) electrons. The van der Waals surface area contributed by atoms with Gasteiger partial charge in [-0.05, 0) is 71.2 Å². The molecule has 3 aromatic rings. The smallest absolute Gasteiger partial charge is 0.274 e. The molecule has 0 fully saturated rings. The molecule has 0 aliphatic carbocycles. The molecule has 2 N–H and O–H groups in total. The van der Waals surface area contributed by atoms with Crippen molar-refractivity contribution in [1.29, 1.82) is 0 Å². The Bertz CT molecular complexity index is 907. The van der Waals surface area contributed by atoms with Crippen molar-refractivity contribution in [3.8, 4) is 0 Å². The lowest BCUT2D eigenvalue weighted by Crippen LogP contribution is -2.15. The van der Waals surface area contributed by atoms with E-state index in [2.05, 4.69) is 42.6 Å². The van der Waals surface area contributed by atoms with E-state index in [0.29, 0.717) is 11.6 Å². The summed E-state index contributed by atoms with van der Waals surface area (Å²) in [6.07, 6.45) is 1.56. The van der Waals surface area contributed by atoms with Crippen LogP contribution in [-0.2, 0) is 0 Å². The van der Waals surface area contributed by atoms with Crippen molar-refractivity contribution in [2.75, 3.05) is 10.6 Å². The van der Waals surface area contributed by atoms with E-state index in [9.17, 15) is 4.79 Å². The lowest BCUT2D eigenvalue weighted by Gasteiger charge is -2.09. The van der Waals surface area contributed by atoms with Crippen molar-refractivity contribution >= 4 is 39.2 Å². The van der Waals surface area contributed by atoms with Crippen LogP contribution in [0.4, 0.5) is 17.3 Å². The number of anilines is 3. The molecule has 1 aromatic heterocycles. The summed E-state index contributed by atoms with van der Waals surface area (Å²) >= 11 is 3.46. The number of nitrogens with one attached hydrogen (secondary N) is 2. The normalized spacial score (nSPS) is 10.4. The van der Waals surface area contributed by atoms with Crippen molar-refractivity contribution < 1.29 is 4.79 Å². The predicted octanol–water partition coefficient (Wildman–Crippen LogP) is 4.85. The molecule has 0 unspecified atom stereocenters. The van der Waals surface area contributed by atoms with Gasteiger partial charge in [-0.2, -0.15) is 0 Å². The zero-order valence-corrected chi connectivity index (χ0v) is 15.5. The Morgan fingerprint density at radius 3 is 2.48 bits per heavy atom. The molecule has 3 rings (SSSR count). The number of amides is 1. The Labute approximate surface area is 154 Å². The average Bonchev–Trinajstić information content (AvgIpc) is 2.56. The predicted molar refractivity (Wildman–Crippen MR) is 103 cm³/mol. The molecule has 0 atom stereocenters. The highest BCUT2D eigenvalue weighted by molar-refractivity contribution is 9.10. The van der Waals surface area contributed by atoms with Gasteiger partial charge in [0.25, 0.3) is 5.91 Å². The van der Waals surface area contributed by atoms with E-state index in [0.717, 1.165) is 27.0 Å². The van der Waals surface area contributed by atoms with Crippen molar-refractivity contribution in [2.24, 2.45) is 0 Å². The molecule has 0 bridgehead atoms. The SMILES string of the molecule is Cc1cc(C)cc(NC(=O)c2ccnc(Nc3ccccc3Br)n2)c1. The second-order valence-corrected chi connectivity index (χ2v) is 6.56. The molecular formula is C19H17BrN4O. The standard InChI is InChI=1S/C19H17BrN4O/c1-12-9-13(2)11-14(10-12)22-18(25)17-7-8-21-19(24-17)23-16-6-4-3-5-15(16)20/h3-11H,1-2H3,(H,22,25)(H,21,23,24). The fraction of sp³-hybridized carbons (Fsp3) is 0.105. The molecule has 25 heavy (non-hydrogen) atoms. The van der Waals surface area contributed by atoms with Crippen LogP contribution in [0.2, 0.25) is 0 Å². The minimum Gasteiger partial charge on any atom is -0.323 e. The average molecular weight is 397 g/mol. The van der Waals surface area contributed by atoms with E-state index in [1.807, 2.05) is 50.2 Å². The molecule has 0 aliphatic rings. The largest absolute Gasteiger partial charge is 0.323 e. The third-order valence-electron chi connectivity index (χ3n) is 3.49. The lowest BCUT2D eigenvalue weighted by molar-refractivity contribution is 0.102. The van der Waals surface area contributed by atoms with Gasteiger partial charge in [0.2, 0.25) is 5.95 Å². The number of aromatic nitrogens is 2. The molecule has 0 spiro atoms. The van der Waals surface area contributed by atoms with Crippen LogP contribution in [0.3, 0.4) is 0 Å². The molecular weight excluding hydrogens is 380 g/mol. The Morgan fingerprint density at radius 1 is 1.04 bits per heavy atom. The van der Waals surface area contributed by atoms with E-state index in [4.69, 9.17) is 0 Å². The number of benzene rings is 2. The molecule has 2 aromatic carbocycles. The molecule has 6 heteroatoms. The van der Waals surface area contributed by atoms with Gasteiger partial charge < -0.3 is 10.6 Å². The van der Waals surface area contributed by atoms with E-state index < -0.39 is 0 Å².